The van der Waals surface area contributed by atoms with Crippen LogP contribution in [0.25, 0.3) is 26.6 Å². The standard InChI is InChI=1S/C36H43N5O2S2/c1-23-17-40(34(42)21-38(5)6)19-32(23)44-26(4)27-11-9-12-28(24(27)2)29-13-10-14-30(25(29)3)36-37-31-18-41(20-33(31)45-36)35(43)22-39-15-7-8-16-39/h9-14H,4,7-8,15-22H2,1-3,5-6H3. The van der Waals surface area contributed by atoms with Gasteiger partial charge in [0.25, 0.3) is 0 Å². The van der Waals surface area contributed by atoms with Crippen molar-refractivity contribution < 1.29 is 9.59 Å². The largest absolute Gasteiger partial charge is 0.333 e. The fraction of sp³-hybridized carbons (Fsp3) is 0.417. The van der Waals surface area contributed by atoms with E-state index in [9.17, 15) is 9.59 Å². The number of hydrogen-bond acceptors (Lipinski definition) is 7. The van der Waals surface area contributed by atoms with E-state index in [1.807, 2.05) is 28.8 Å². The molecular formula is C36H43N5O2S2. The number of amides is 2. The summed E-state index contributed by atoms with van der Waals surface area (Å²) in [6.45, 7) is 16.6. The molecule has 236 valence electrons. The molecule has 45 heavy (non-hydrogen) atoms. The van der Waals surface area contributed by atoms with Gasteiger partial charge in [0.15, 0.2) is 0 Å². The number of nitrogens with zero attached hydrogens (tertiary/aromatic N) is 5. The van der Waals surface area contributed by atoms with Crippen molar-refractivity contribution in [1.82, 2.24) is 24.6 Å². The number of benzene rings is 2. The Kier molecular flexibility index (Phi) is 9.34. The summed E-state index contributed by atoms with van der Waals surface area (Å²) < 4.78 is 0. The average molecular weight is 642 g/mol. The summed E-state index contributed by atoms with van der Waals surface area (Å²) in [6, 6.07) is 12.9. The first kappa shape index (κ1) is 31.7. The maximum Gasteiger partial charge on any atom is 0.237 e. The van der Waals surface area contributed by atoms with Gasteiger partial charge >= 0.3 is 0 Å². The summed E-state index contributed by atoms with van der Waals surface area (Å²) >= 11 is 3.41. The van der Waals surface area contributed by atoms with E-state index in [4.69, 9.17) is 4.98 Å². The zero-order valence-corrected chi connectivity index (χ0v) is 28.7. The van der Waals surface area contributed by atoms with Gasteiger partial charge < -0.3 is 14.7 Å². The van der Waals surface area contributed by atoms with Gasteiger partial charge in [-0.25, -0.2) is 4.98 Å². The summed E-state index contributed by atoms with van der Waals surface area (Å²) in [5.74, 6) is 0.370. The molecule has 2 amide bonds. The summed E-state index contributed by atoms with van der Waals surface area (Å²) in [6.07, 6.45) is 2.39. The van der Waals surface area contributed by atoms with Gasteiger partial charge in [-0.05, 0) is 94.2 Å². The molecule has 0 spiro atoms. The lowest BCUT2D eigenvalue weighted by Crippen LogP contribution is -2.36. The molecule has 0 atom stereocenters. The number of thioether (sulfide) groups is 1. The van der Waals surface area contributed by atoms with E-state index in [0.717, 1.165) is 39.8 Å². The molecule has 3 aliphatic rings. The number of thiazole rings is 1. The van der Waals surface area contributed by atoms with Crippen molar-refractivity contribution in [1.29, 1.82) is 0 Å². The second-order valence-electron chi connectivity index (χ2n) is 12.8. The first-order valence-electron chi connectivity index (χ1n) is 15.8. The highest BCUT2D eigenvalue weighted by Crippen LogP contribution is 2.42. The maximum absolute atomic E-state index is 12.9. The first-order chi connectivity index (χ1) is 21.6. The minimum Gasteiger partial charge on any atom is -0.333 e. The number of fused-ring (bicyclic) bond motifs is 1. The Balaban J connectivity index is 1.17. The number of aromatic nitrogens is 1. The van der Waals surface area contributed by atoms with Crippen LogP contribution in [0.1, 0.15) is 47.0 Å². The number of likely N-dealkylation sites (N-methyl/N-ethyl adjacent to an activating group) is 1. The fourth-order valence-corrected chi connectivity index (χ4v) is 8.82. The molecule has 0 aliphatic carbocycles. The molecule has 1 saturated heterocycles. The van der Waals surface area contributed by atoms with E-state index in [1.165, 1.54) is 50.5 Å². The molecule has 3 aromatic rings. The molecular weight excluding hydrogens is 599 g/mol. The normalized spacial score (nSPS) is 16.8. The van der Waals surface area contributed by atoms with Crippen LogP contribution < -0.4 is 0 Å². The monoisotopic (exact) mass is 641 g/mol. The number of likely N-dealkylation sites (tertiary alicyclic amines) is 1. The smallest absolute Gasteiger partial charge is 0.237 e. The van der Waals surface area contributed by atoms with Crippen molar-refractivity contribution in [2.45, 2.75) is 46.7 Å². The van der Waals surface area contributed by atoms with Crippen LogP contribution in [-0.2, 0) is 22.7 Å². The van der Waals surface area contributed by atoms with Gasteiger partial charge in [0, 0.05) is 26.8 Å². The Bertz CT molecular complexity index is 1660. The third-order valence-electron chi connectivity index (χ3n) is 9.14. The Morgan fingerprint density at radius 1 is 0.889 bits per heavy atom. The Morgan fingerprint density at radius 2 is 1.56 bits per heavy atom. The molecule has 0 N–H and O–H groups in total. The zero-order valence-electron chi connectivity index (χ0n) is 27.1. The Hall–Kier alpha value is -3.24. The lowest BCUT2D eigenvalue weighted by Gasteiger charge is -2.20. The van der Waals surface area contributed by atoms with E-state index >= 15 is 0 Å². The Labute approximate surface area is 275 Å². The third-order valence-corrected chi connectivity index (χ3v) is 11.4. The SMILES string of the molecule is C=C(SC1=C(C)CN(C(=O)CN(C)C)C1)c1cccc(-c2cccc(-c3nc4c(s3)CN(C(=O)CN3CCCC3)C4)c2C)c1C. The second kappa shape index (κ2) is 13.2. The van der Waals surface area contributed by atoms with Gasteiger partial charge in [0.2, 0.25) is 11.8 Å². The van der Waals surface area contributed by atoms with E-state index in [2.05, 4.69) is 68.6 Å². The van der Waals surface area contributed by atoms with Crippen molar-refractivity contribution in [3.8, 4) is 21.7 Å². The summed E-state index contributed by atoms with van der Waals surface area (Å²) in [5, 5.41) is 1.02. The van der Waals surface area contributed by atoms with Crippen LogP contribution in [0.5, 0.6) is 0 Å². The lowest BCUT2D eigenvalue weighted by atomic mass is 9.91. The number of rotatable bonds is 9. The minimum atomic E-state index is 0.155. The van der Waals surface area contributed by atoms with E-state index in [1.54, 1.807) is 23.1 Å². The van der Waals surface area contributed by atoms with Crippen molar-refractivity contribution >= 4 is 39.8 Å². The molecule has 0 saturated carbocycles. The molecule has 0 radical (unpaired) electrons. The van der Waals surface area contributed by atoms with E-state index < -0.39 is 0 Å². The molecule has 1 fully saturated rings. The summed E-state index contributed by atoms with van der Waals surface area (Å²) in [7, 11) is 3.85. The highest BCUT2D eigenvalue weighted by molar-refractivity contribution is 8.11. The predicted octanol–water partition coefficient (Wildman–Crippen LogP) is 6.41. The fourth-order valence-electron chi connectivity index (χ4n) is 6.56. The van der Waals surface area contributed by atoms with E-state index in [-0.39, 0.29) is 11.8 Å². The van der Waals surface area contributed by atoms with Gasteiger partial charge in [-0.1, -0.05) is 54.7 Å². The van der Waals surface area contributed by atoms with Crippen LogP contribution in [0.3, 0.4) is 0 Å². The second-order valence-corrected chi connectivity index (χ2v) is 15.1. The van der Waals surface area contributed by atoms with E-state index in [0.29, 0.717) is 39.3 Å². The first-order valence-corrected chi connectivity index (χ1v) is 17.4. The molecule has 4 heterocycles. The van der Waals surface area contributed by atoms with Crippen LogP contribution in [0.2, 0.25) is 0 Å². The average Bonchev–Trinajstić information content (AvgIpc) is 3.79. The highest BCUT2D eigenvalue weighted by Gasteiger charge is 2.30. The number of hydrogen-bond donors (Lipinski definition) is 0. The van der Waals surface area contributed by atoms with Crippen molar-refractivity contribution in [3.63, 3.8) is 0 Å². The topological polar surface area (TPSA) is 60.0 Å². The van der Waals surface area contributed by atoms with Crippen LogP contribution in [0.4, 0.5) is 0 Å². The van der Waals surface area contributed by atoms with Gasteiger partial charge in [-0.15, -0.1) is 11.3 Å². The molecule has 0 unspecified atom stereocenters. The summed E-state index contributed by atoms with van der Waals surface area (Å²) in [5.41, 5.74) is 9.34. The molecule has 1 aromatic heterocycles. The van der Waals surface area contributed by atoms with Gasteiger partial charge in [-0.2, -0.15) is 0 Å². The molecule has 3 aliphatic heterocycles. The molecule has 2 aromatic carbocycles. The van der Waals surface area contributed by atoms with Crippen molar-refractivity contribution in [2.75, 3.05) is 53.4 Å². The van der Waals surface area contributed by atoms with Crippen molar-refractivity contribution in [2.24, 2.45) is 0 Å². The molecule has 7 nitrogen and oxygen atoms in total. The van der Waals surface area contributed by atoms with Crippen LogP contribution in [-0.4, -0.2) is 89.8 Å². The minimum absolute atomic E-state index is 0.155. The number of carbonyl (C=O) groups excluding carboxylic acids is 2. The quantitative estimate of drug-likeness (QED) is 0.269. The zero-order chi connectivity index (χ0) is 31.8. The maximum atomic E-state index is 12.9. The van der Waals surface area contributed by atoms with Crippen molar-refractivity contribution in [3.05, 3.63) is 80.7 Å². The predicted molar refractivity (Wildman–Crippen MR) is 187 cm³/mol. The summed E-state index contributed by atoms with van der Waals surface area (Å²) in [4.78, 5) is 42.1. The lowest BCUT2D eigenvalue weighted by molar-refractivity contribution is -0.133. The number of carbonyl (C=O) groups is 2. The van der Waals surface area contributed by atoms with Gasteiger partial charge in [0.1, 0.15) is 5.01 Å². The molecule has 6 rings (SSSR count). The van der Waals surface area contributed by atoms with Gasteiger partial charge in [-0.3, -0.25) is 14.5 Å². The van der Waals surface area contributed by atoms with Crippen LogP contribution in [0.15, 0.2) is 53.5 Å². The van der Waals surface area contributed by atoms with Crippen LogP contribution >= 0.6 is 23.1 Å². The molecule has 9 heteroatoms. The molecule has 0 bridgehead atoms. The van der Waals surface area contributed by atoms with Crippen LogP contribution in [0, 0.1) is 13.8 Å². The van der Waals surface area contributed by atoms with Gasteiger partial charge in [0.05, 0.1) is 38.4 Å². The Morgan fingerprint density at radius 3 is 2.27 bits per heavy atom. The third kappa shape index (κ3) is 6.68. The highest BCUT2D eigenvalue weighted by atomic mass is 32.2.